The van der Waals surface area contributed by atoms with Crippen LogP contribution in [0.5, 0.6) is 5.75 Å². The van der Waals surface area contributed by atoms with Gasteiger partial charge in [0.1, 0.15) is 11.8 Å². The Morgan fingerprint density at radius 1 is 1.06 bits per heavy atom. The number of carbonyl (C=O) groups excluding carboxylic acids is 2. The van der Waals surface area contributed by atoms with Crippen LogP contribution in [0.15, 0.2) is 48.5 Å². The average molecular weight is 439 g/mol. The number of aryl methyl sites for hydroxylation is 1. The Hall–Kier alpha value is -2.82. The molecule has 2 rings (SSSR count). The first-order valence-electron chi connectivity index (χ1n) is 11.4. The molecule has 32 heavy (non-hydrogen) atoms. The van der Waals surface area contributed by atoms with Crippen LogP contribution in [0.2, 0.25) is 0 Å². The zero-order valence-corrected chi connectivity index (χ0v) is 20.4. The molecule has 0 aliphatic carbocycles. The topological polar surface area (TPSA) is 58.6 Å². The van der Waals surface area contributed by atoms with Crippen molar-refractivity contribution in [2.45, 2.75) is 71.9 Å². The standard InChI is InChI=1S/C27H38N2O3/c1-7-17-28-26(31)20(2)29(19-22-9-8-10-24(18-22)32-6)25(30)16-13-21-11-14-23(15-12-21)27(3,4)5/h8-12,14-15,18,20H,7,13,16-17,19H2,1-6H3,(H,28,31)/t20-/m0/s1. The highest BCUT2D eigenvalue weighted by Crippen LogP contribution is 2.23. The lowest BCUT2D eigenvalue weighted by molar-refractivity contribution is -0.140. The number of benzene rings is 2. The maximum atomic E-state index is 13.2. The van der Waals surface area contributed by atoms with Gasteiger partial charge in [-0.3, -0.25) is 9.59 Å². The molecule has 0 unspecified atom stereocenters. The van der Waals surface area contributed by atoms with E-state index in [4.69, 9.17) is 4.74 Å². The van der Waals surface area contributed by atoms with Gasteiger partial charge in [0.25, 0.3) is 0 Å². The predicted octanol–water partition coefficient (Wildman–Crippen LogP) is 4.87. The molecule has 5 nitrogen and oxygen atoms in total. The van der Waals surface area contributed by atoms with Gasteiger partial charge in [0.15, 0.2) is 0 Å². The maximum absolute atomic E-state index is 13.2. The number of hydrogen-bond acceptors (Lipinski definition) is 3. The summed E-state index contributed by atoms with van der Waals surface area (Å²) in [5.74, 6) is 0.571. The zero-order chi connectivity index (χ0) is 23.7. The molecule has 0 aliphatic rings. The molecule has 0 radical (unpaired) electrons. The summed E-state index contributed by atoms with van der Waals surface area (Å²) < 4.78 is 5.31. The van der Waals surface area contributed by atoms with Crippen molar-refractivity contribution in [2.24, 2.45) is 0 Å². The molecule has 0 saturated heterocycles. The third-order valence-electron chi connectivity index (χ3n) is 5.65. The highest BCUT2D eigenvalue weighted by Gasteiger charge is 2.26. The molecule has 2 amide bonds. The molecule has 0 bridgehead atoms. The quantitative estimate of drug-likeness (QED) is 0.576. The summed E-state index contributed by atoms with van der Waals surface area (Å²) in [6.45, 7) is 11.3. The molecule has 0 heterocycles. The molecule has 0 aromatic heterocycles. The van der Waals surface area contributed by atoms with E-state index < -0.39 is 6.04 Å². The van der Waals surface area contributed by atoms with Crippen LogP contribution >= 0.6 is 0 Å². The molecule has 0 fully saturated rings. The normalized spacial score (nSPS) is 12.2. The number of rotatable bonds is 10. The number of carbonyl (C=O) groups is 2. The number of ether oxygens (including phenoxy) is 1. The second-order valence-corrected chi connectivity index (χ2v) is 9.29. The van der Waals surface area contributed by atoms with E-state index in [1.54, 1.807) is 18.9 Å². The number of amides is 2. The number of methoxy groups -OCH3 is 1. The maximum Gasteiger partial charge on any atom is 0.242 e. The van der Waals surface area contributed by atoms with Crippen LogP contribution in [0.1, 0.15) is 64.2 Å². The number of nitrogens with one attached hydrogen (secondary N) is 1. The van der Waals surface area contributed by atoms with Gasteiger partial charge in [-0.2, -0.15) is 0 Å². The molecule has 2 aromatic rings. The first kappa shape index (κ1) is 25.4. The minimum absolute atomic E-state index is 0.0353. The third kappa shape index (κ3) is 7.40. The van der Waals surface area contributed by atoms with Crippen LogP contribution in [0.25, 0.3) is 0 Å². The Morgan fingerprint density at radius 3 is 2.34 bits per heavy atom. The highest BCUT2D eigenvalue weighted by molar-refractivity contribution is 5.87. The second kappa shape index (κ2) is 11.7. The van der Waals surface area contributed by atoms with Crippen LogP contribution < -0.4 is 10.1 Å². The lowest BCUT2D eigenvalue weighted by Crippen LogP contribution is -2.47. The molecule has 1 N–H and O–H groups in total. The van der Waals surface area contributed by atoms with Crippen molar-refractivity contribution in [2.75, 3.05) is 13.7 Å². The summed E-state index contributed by atoms with van der Waals surface area (Å²) in [5, 5.41) is 2.91. The third-order valence-corrected chi connectivity index (χ3v) is 5.65. The van der Waals surface area contributed by atoms with E-state index in [1.165, 1.54) is 5.56 Å². The van der Waals surface area contributed by atoms with Crippen LogP contribution in [0.4, 0.5) is 0 Å². The van der Waals surface area contributed by atoms with Gasteiger partial charge >= 0.3 is 0 Å². The van der Waals surface area contributed by atoms with Gasteiger partial charge in [0, 0.05) is 19.5 Å². The van der Waals surface area contributed by atoms with E-state index >= 15 is 0 Å². The summed E-state index contributed by atoms with van der Waals surface area (Å²) >= 11 is 0. The van der Waals surface area contributed by atoms with Crippen LogP contribution in [-0.4, -0.2) is 36.4 Å². The van der Waals surface area contributed by atoms with Gasteiger partial charge in [0.05, 0.1) is 7.11 Å². The zero-order valence-electron chi connectivity index (χ0n) is 20.4. The summed E-state index contributed by atoms with van der Waals surface area (Å²) in [4.78, 5) is 27.5. The molecule has 1 atom stereocenters. The van der Waals surface area contributed by atoms with Gasteiger partial charge in [-0.25, -0.2) is 0 Å². The average Bonchev–Trinajstić information content (AvgIpc) is 2.78. The van der Waals surface area contributed by atoms with Crippen molar-refractivity contribution in [1.29, 1.82) is 0 Å². The Balaban J connectivity index is 2.14. The van der Waals surface area contributed by atoms with Crippen LogP contribution in [0, 0.1) is 0 Å². The first-order valence-corrected chi connectivity index (χ1v) is 11.4. The predicted molar refractivity (Wildman–Crippen MR) is 130 cm³/mol. The summed E-state index contributed by atoms with van der Waals surface area (Å²) in [7, 11) is 1.62. The van der Waals surface area contributed by atoms with E-state index in [9.17, 15) is 9.59 Å². The van der Waals surface area contributed by atoms with Crippen LogP contribution in [-0.2, 0) is 28.0 Å². The van der Waals surface area contributed by atoms with E-state index in [1.807, 2.05) is 31.2 Å². The van der Waals surface area contributed by atoms with E-state index in [-0.39, 0.29) is 17.2 Å². The fourth-order valence-corrected chi connectivity index (χ4v) is 3.51. The Kier molecular flexibility index (Phi) is 9.30. The SMILES string of the molecule is CCCNC(=O)[C@H](C)N(Cc1cccc(OC)c1)C(=O)CCc1ccc(C(C)(C)C)cc1. The molecular weight excluding hydrogens is 400 g/mol. The van der Waals surface area contributed by atoms with E-state index in [0.717, 1.165) is 23.3 Å². The lowest BCUT2D eigenvalue weighted by Gasteiger charge is -2.29. The highest BCUT2D eigenvalue weighted by atomic mass is 16.5. The fourth-order valence-electron chi connectivity index (χ4n) is 3.51. The molecule has 2 aromatic carbocycles. The lowest BCUT2D eigenvalue weighted by atomic mass is 9.86. The molecule has 5 heteroatoms. The summed E-state index contributed by atoms with van der Waals surface area (Å²) in [6, 6.07) is 15.5. The first-order chi connectivity index (χ1) is 15.2. The van der Waals surface area contributed by atoms with Gasteiger partial charge in [-0.1, -0.05) is 64.1 Å². The minimum Gasteiger partial charge on any atom is -0.497 e. The molecule has 174 valence electrons. The van der Waals surface area contributed by atoms with Gasteiger partial charge < -0.3 is 15.0 Å². The summed E-state index contributed by atoms with van der Waals surface area (Å²) in [6.07, 6.45) is 1.85. The van der Waals surface area contributed by atoms with Crippen molar-refractivity contribution in [3.05, 3.63) is 65.2 Å². The summed E-state index contributed by atoms with van der Waals surface area (Å²) in [5.41, 5.74) is 3.43. The monoisotopic (exact) mass is 438 g/mol. The van der Waals surface area contributed by atoms with Crippen molar-refractivity contribution in [1.82, 2.24) is 10.2 Å². The molecular formula is C27H38N2O3. The van der Waals surface area contributed by atoms with Crippen molar-refractivity contribution < 1.29 is 14.3 Å². The van der Waals surface area contributed by atoms with Gasteiger partial charge in [-0.05, 0) is 54.0 Å². The van der Waals surface area contributed by atoms with Crippen molar-refractivity contribution in [3.63, 3.8) is 0 Å². The minimum atomic E-state index is -0.552. The van der Waals surface area contributed by atoms with Gasteiger partial charge in [0.2, 0.25) is 11.8 Å². The molecule has 0 spiro atoms. The number of nitrogens with zero attached hydrogens (tertiary/aromatic N) is 1. The molecule has 0 aliphatic heterocycles. The second-order valence-electron chi connectivity index (χ2n) is 9.29. The smallest absolute Gasteiger partial charge is 0.242 e. The Morgan fingerprint density at radius 2 is 1.75 bits per heavy atom. The Labute approximate surface area is 193 Å². The number of hydrogen-bond donors (Lipinski definition) is 1. The largest absolute Gasteiger partial charge is 0.497 e. The van der Waals surface area contributed by atoms with E-state index in [0.29, 0.717) is 25.9 Å². The van der Waals surface area contributed by atoms with Crippen LogP contribution in [0.3, 0.4) is 0 Å². The van der Waals surface area contributed by atoms with Gasteiger partial charge in [-0.15, -0.1) is 0 Å². The molecule has 0 saturated carbocycles. The fraction of sp³-hybridized carbons (Fsp3) is 0.481. The van der Waals surface area contributed by atoms with Crippen molar-refractivity contribution in [3.8, 4) is 5.75 Å². The Bertz CT molecular complexity index is 885. The van der Waals surface area contributed by atoms with E-state index in [2.05, 4.69) is 50.4 Å². The van der Waals surface area contributed by atoms with Crippen molar-refractivity contribution >= 4 is 11.8 Å².